The molecule has 7 heteroatoms. The van der Waals surface area contributed by atoms with Gasteiger partial charge in [0.25, 0.3) is 5.22 Å². The van der Waals surface area contributed by atoms with Crippen molar-refractivity contribution in [2.75, 3.05) is 12.3 Å². The average molecular weight is 366 g/mol. The van der Waals surface area contributed by atoms with E-state index in [1.54, 1.807) is 12.1 Å². The predicted molar refractivity (Wildman–Crippen MR) is 95.1 cm³/mol. The lowest BCUT2D eigenvalue weighted by Gasteiger charge is -2.21. The van der Waals surface area contributed by atoms with Gasteiger partial charge < -0.3 is 9.73 Å². The highest BCUT2D eigenvalue weighted by Crippen LogP contribution is 2.25. The standard InChI is InChI=1S/C17H20ClN3O2S/c18-14-8-6-13(7-9-14)16-20-21-17(23-16)24-11-15(22)19-10-12-4-2-1-3-5-12/h6-9,12H,1-5,10-11H2,(H,19,22). The van der Waals surface area contributed by atoms with E-state index in [2.05, 4.69) is 15.5 Å². The van der Waals surface area contributed by atoms with Crippen LogP contribution in [0.4, 0.5) is 0 Å². The molecule has 0 unspecified atom stereocenters. The molecular formula is C17H20ClN3O2S. The van der Waals surface area contributed by atoms with Gasteiger partial charge in [-0.05, 0) is 43.0 Å². The lowest BCUT2D eigenvalue weighted by Crippen LogP contribution is -2.31. The van der Waals surface area contributed by atoms with Crippen LogP contribution < -0.4 is 5.32 Å². The third-order valence-corrected chi connectivity index (χ3v) is 5.21. The first-order chi connectivity index (χ1) is 11.7. The van der Waals surface area contributed by atoms with Crippen LogP contribution in [0.15, 0.2) is 33.9 Å². The maximum Gasteiger partial charge on any atom is 0.277 e. The Bertz CT molecular complexity index is 669. The first-order valence-corrected chi connectivity index (χ1v) is 9.56. The molecule has 1 saturated carbocycles. The zero-order chi connectivity index (χ0) is 16.8. The number of carbonyl (C=O) groups is 1. The van der Waals surface area contributed by atoms with E-state index in [-0.39, 0.29) is 11.7 Å². The fourth-order valence-electron chi connectivity index (χ4n) is 2.80. The molecule has 0 bridgehead atoms. The van der Waals surface area contributed by atoms with Gasteiger partial charge in [0, 0.05) is 17.1 Å². The van der Waals surface area contributed by atoms with Crippen LogP contribution in [0.25, 0.3) is 11.5 Å². The minimum absolute atomic E-state index is 0.0109. The van der Waals surface area contributed by atoms with Gasteiger partial charge in [-0.3, -0.25) is 4.79 Å². The Labute approximate surface area is 150 Å². The summed E-state index contributed by atoms with van der Waals surface area (Å²) in [5, 5.41) is 12.0. The largest absolute Gasteiger partial charge is 0.411 e. The summed E-state index contributed by atoms with van der Waals surface area (Å²) >= 11 is 7.11. The van der Waals surface area contributed by atoms with Crippen molar-refractivity contribution in [1.29, 1.82) is 0 Å². The number of hydrogen-bond acceptors (Lipinski definition) is 5. The van der Waals surface area contributed by atoms with E-state index in [0.717, 1.165) is 12.1 Å². The number of carbonyl (C=O) groups excluding carboxylic acids is 1. The molecule has 0 spiro atoms. The second-order valence-electron chi connectivity index (χ2n) is 5.98. The van der Waals surface area contributed by atoms with Crippen molar-refractivity contribution < 1.29 is 9.21 Å². The Kier molecular flexibility index (Phi) is 6.15. The lowest BCUT2D eigenvalue weighted by atomic mass is 9.89. The molecular weight excluding hydrogens is 346 g/mol. The summed E-state index contributed by atoms with van der Waals surface area (Å²) in [4.78, 5) is 11.9. The van der Waals surface area contributed by atoms with Crippen LogP contribution in [0.1, 0.15) is 32.1 Å². The first kappa shape index (κ1) is 17.3. The SMILES string of the molecule is O=C(CSc1nnc(-c2ccc(Cl)cc2)o1)NCC1CCCCC1. The van der Waals surface area contributed by atoms with Crippen LogP contribution in [-0.4, -0.2) is 28.4 Å². The number of thioether (sulfide) groups is 1. The molecule has 3 rings (SSSR count). The minimum atomic E-state index is 0.0109. The van der Waals surface area contributed by atoms with Crippen molar-refractivity contribution in [2.24, 2.45) is 5.92 Å². The zero-order valence-electron chi connectivity index (χ0n) is 13.3. The van der Waals surface area contributed by atoms with Gasteiger partial charge in [-0.2, -0.15) is 0 Å². The summed E-state index contributed by atoms with van der Waals surface area (Å²) in [7, 11) is 0. The zero-order valence-corrected chi connectivity index (χ0v) is 14.9. The number of nitrogens with zero attached hydrogens (tertiary/aromatic N) is 2. The molecule has 24 heavy (non-hydrogen) atoms. The average Bonchev–Trinajstić information content (AvgIpc) is 3.09. The molecule has 2 aromatic rings. The van der Waals surface area contributed by atoms with E-state index < -0.39 is 0 Å². The second kappa shape index (κ2) is 8.53. The van der Waals surface area contributed by atoms with Gasteiger partial charge in [-0.1, -0.05) is 42.6 Å². The van der Waals surface area contributed by atoms with E-state index in [4.69, 9.17) is 16.0 Å². The number of aromatic nitrogens is 2. The normalized spacial score (nSPS) is 15.4. The number of benzene rings is 1. The number of amides is 1. The number of hydrogen-bond donors (Lipinski definition) is 1. The highest BCUT2D eigenvalue weighted by atomic mass is 35.5. The van der Waals surface area contributed by atoms with E-state index in [1.807, 2.05) is 12.1 Å². The third kappa shape index (κ3) is 4.98. The molecule has 1 aliphatic carbocycles. The van der Waals surface area contributed by atoms with Gasteiger partial charge in [-0.25, -0.2) is 0 Å². The topological polar surface area (TPSA) is 68.0 Å². The van der Waals surface area contributed by atoms with Gasteiger partial charge in [0.1, 0.15) is 0 Å². The summed E-state index contributed by atoms with van der Waals surface area (Å²) < 4.78 is 5.57. The molecule has 1 aromatic carbocycles. The van der Waals surface area contributed by atoms with Crippen LogP contribution >= 0.6 is 23.4 Å². The molecule has 0 atom stereocenters. The maximum atomic E-state index is 11.9. The van der Waals surface area contributed by atoms with Crippen molar-refractivity contribution in [3.05, 3.63) is 29.3 Å². The van der Waals surface area contributed by atoms with Gasteiger partial charge in [0.15, 0.2) is 0 Å². The van der Waals surface area contributed by atoms with E-state index >= 15 is 0 Å². The fraction of sp³-hybridized carbons (Fsp3) is 0.471. The number of halogens is 1. The first-order valence-electron chi connectivity index (χ1n) is 8.19. The Balaban J connectivity index is 1.44. The molecule has 0 radical (unpaired) electrons. The minimum Gasteiger partial charge on any atom is -0.411 e. The van der Waals surface area contributed by atoms with Crippen molar-refractivity contribution in [3.63, 3.8) is 0 Å². The molecule has 0 saturated heterocycles. The monoisotopic (exact) mass is 365 g/mol. The molecule has 1 fully saturated rings. The van der Waals surface area contributed by atoms with Crippen molar-refractivity contribution in [2.45, 2.75) is 37.3 Å². The second-order valence-corrected chi connectivity index (χ2v) is 7.34. The summed E-state index contributed by atoms with van der Waals surface area (Å²) in [5.74, 6) is 1.36. The van der Waals surface area contributed by atoms with Crippen molar-refractivity contribution in [3.8, 4) is 11.5 Å². The molecule has 0 aliphatic heterocycles. The van der Waals surface area contributed by atoms with Gasteiger partial charge in [-0.15, -0.1) is 10.2 Å². The highest BCUT2D eigenvalue weighted by molar-refractivity contribution is 7.99. The van der Waals surface area contributed by atoms with Crippen LogP contribution in [0.2, 0.25) is 5.02 Å². The van der Waals surface area contributed by atoms with Gasteiger partial charge in [0.2, 0.25) is 11.8 Å². The molecule has 5 nitrogen and oxygen atoms in total. The van der Waals surface area contributed by atoms with Gasteiger partial charge in [0.05, 0.1) is 5.75 Å². The third-order valence-electron chi connectivity index (χ3n) is 4.14. The molecule has 1 heterocycles. The van der Waals surface area contributed by atoms with Crippen molar-refractivity contribution in [1.82, 2.24) is 15.5 Å². The van der Waals surface area contributed by atoms with Gasteiger partial charge >= 0.3 is 0 Å². The Morgan fingerprint density at radius 1 is 1.21 bits per heavy atom. The fourth-order valence-corrected chi connectivity index (χ4v) is 3.52. The van der Waals surface area contributed by atoms with E-state index in [1.165, 1.54) is 43.9 Å². The number of rotatable bonds is 6. The summed E-state index contributed by atoms with van der Waals surface area (Å²) in [6.45, 7) is 0.777. The molecule has 1 aromatic heterocycles. The lowest BCUT2D eigenvalue weighted by molar-refractivity contribution is -0.118. The number of nitrogens with one attached hydrogen (secondary N) is 1. The Hall–Kier alpha value is -1.53. The van der Waals surface area contributed by atoms with Crippen LogP contribution in [0.3, 0.4) is 0 Å². The van der Waals surface area contributed by atoms with E-state index in [9.17, 15) is 4.79 Å². The molecule has 1 aliphatic rings. The van der Waals surface area contributed by atoms with Crippen LogP contribution in [0, 0.1) is 5.92 Å². The molecule has 1 amide bonds. The Morgan fingerprint density at radius 2 is 1.96 bits per heavy atom. The Morgan fingerprint density at radius 3 is 2.71 bits per heavy atom. The maximum absolute atomic E-state index is 11.9. The quantitative estimate of drug-likeness (QED) is 0.778. The summed E-state index contributed by atoms with van der Waals surface area (Å²) in [5.41, 5.74) is 0.806. The van der Waals surface area contributed by atoms with Crippen LogP contribution in [0.5, 0.6) is 0 Å². The predicted octanol–water partition coefficient (Wildman–Crippen LogP) is 4.18. The molecule has 1 N–H and O–H groups in total. The van der Waals surface area contributed by atoms with Crippen LogP contribution in [-0.2, 0) is 4.79 Å². The van der Waals surface area contributed by atoms with Crippen molar-refractivity contribution >= 4 is 29.3 Å². The smallest absolute Gasteiger partial charge is 0.277 e. The summed E-state index contributed by atoms with van der Waals surface area (Å²) in [6.07, 6.45) is 6.34. The van der Waals surface area contributed by atoms with E-state index in [0.29, 0.717) is 22.1 Å². The molecule has 128 valence electrons. The highest BCUT2D eigenvalue weighted by Gasteiger charge is 2.15. The summed E-state index contributed by atoms with van der Waals surface area (Å²) in [6, 6.07) is 7.18.